The van der Waals surface area contributed by atoms with Crippen molar-refractivity contribution < 1.29 is 28.2 Å². The van der Waals surface area contributed by atoms with Crippen LogP contribution in [0.15, 0.2) is 42.9 Å². The van der Waals surface area contributed by atoms with E-state index in [2.05, 4.69) is 25.4 Å². The lowest BCUT2D eigenvalue weighted by Crippen LogP contribution is -2.47. The van der Waals surface area contributed by atoms with Gasteiger partial charge >= 0.3 is 6.61 Å². The summed E-state index contributed by atoms with van der Waals surface area (Å²) in [6.07, 6.45) is 6.54. The highest BCUT2D eigenvalue weighted by Gasteiger charge is 2.31. The lowest BCUT2D eigenvalue weighted by atomic mass is 10.0. The molecule has 0 bridgehead atoms. The van der Waals surface area contributed by atoms with E-state index < -0.39 is 12.5 Å². The van der Waals surface area contributed by atoms with Gasteiger partial charge in [-0.2, -0.15) is 13.9 Å². The number of aromatic nitrogens is 5. The number of hydrogen-bond acceptors (Lipinski definition) is 9. The number of carbonyl (C=O) groups excluding carboxylic acids is 2. The number of piperidine rings is 1. The number of anilines is 2. The second-order valence-electron chi connectivity index (χ2n) is 10.8. The predicted octanol–water partition coefficient (Wildman–Crippen LogP) is 2.74. The number of alkyl halides is 2. The third-order valence-electron chi connectivity index (χ3n) is 7.90. The molecule has 3 aromatic heterocycles. The minimum Gasteiger partial charge on any atom is -0.434 e. The number of nitrogens with zero attached hydrogens (tertiary/aromatic N) is 7. The van der Waals surface area contributed by atoms with Gasteiger partial charge in [0.05, 0.1) is 11.8 Å². The van der Waals surface area contributed by atoms with Gasteiger partial charge in [-0.15, -0.1) is 5.10 Å². The van der Waals surface area contributed by atoms with Crippen molar-refractivity contribution in [2.45, 2.75) is 44.6 Å². The Hall–Kier alpha value is -4.34. The molecule has 0 aliphatic carbocycles. The van der Waals surface area contributed by atoms with Crippen LogP contribution in [-0.2, 0) is 11.3 Å². The van der Waals surface area contributed by atoms with Crippen LogP contribution in [0, 0.1) is 0 Å². The predicted molar refractivity (Wildman–Crippen MR) is 156 cm³/mol. The van der Waals surface area contributed by atoms with Crippen molar-refractivity contribution in [3.05, 3.63) is 53.4 Å². The molecule has 44 heavy (non-hydrogen) atoms. The first-order valence-corrected chi connectivity index (χ1v) is 14.5. The molecule has 2 aliphatic rings. The number of benzene rings is 1. The number of amides is 2. The van der Waals surface area contributed by atoms with Gasteiger partial charge in [-0.25, -0.2) is 9.50 Å². The first-order valence-electron chi connectivity index (χ1n) is 14.1. The Kier molecular flexibility index (Phi) is 8.33. The fourth-order valence-corrected chi connectivity index (χ4v) is 5.98. The van der Waals surface area contributed by atoms with Crippen LogP contribution in [0.4, 0.5) is 20.3 Å². The average Bonchev–Trinajstić information content (AvgIpc) is 3.69. The van der Waals surface area contributed by atoms with Crippen LogP contribution in [0.5, 0.6) is 5.75 Å². The van der Waals surface area contributed by atoms with E-state index in [1.165, 1.54) is 39.8 Å². The average molecular weight is 630 g/mol. The summed E-state index contributed by atoms with van der Waals surface area (Å²) in [7, 11) is 0. The lowest BCUT2D eigenvalue weighted by molar-refractivity contribution is -0.133. The molecule has 2 amide bonds. The van der Waals surface area contributed by atoms with Crippen molar-refractivity contribution in [1.82, 2.24) is 34.2 Å². The van der Waals surface area contributed by atoms with E-state index >= 15 is 0 Å². The zero-order valence-corrected chi connectivity index (χ0v) is 24.2. The van der Waals surface area contributed by atoms with Crippen LogP contribution in [0.1, 0.15) is 29.6 Å². The summed E-state index contributed by atoms with van der Waals surface area (Å²) < 4.78 is 34.0. The first-order chi connectivity index (χ1) is 21.2. The third-order valence-corrected chi connectivity index (χ3v) is 8.13. The normalized spacial score (nSPS) is 17.9. The van der Waals surface area contributed by atoms with Gasteiger partial charge in [0.15, 0.2) is 11.5 Å². The van der Waals surface area contributed by atoms with Gasteiger partial charge in [0.1, 0.15) is 23.6 Å². The molecule has 0 radical (unpaired) electrons. The molecule has 2 fully saturated rings. The maximum atomic E-state index is 13.5. The lowest BCUT2D eigenvalue weighted by Gasteiger charge is -2.36. The number of nitrogens with two attached hydrogens (primary N) is 1. The number of aliphatic hydroxyl groups excluding tert-OH is 1. The van der Waals surface area contributed by atoms with Crippen LogP contribution in [0.25, 0.3) is 16.9 Å². The molecule has 2 saturated heterocycles. The molecule has 5 heterocycles. The van der Waals surface area contributed by atoms with Crippen molar-refractivity contribution in [1.29, 1.82) is 0 Å². The summed E-state index contributed by atoms with van der Waals surface area (Å²) in [5, 5.41) is 21.4. The number of rotatable bonds is 8. The van der Waals surface area contributed by atoms with Gasteiger partial charge in [0, 0.05) is 61.4 Å². The molecule has 1 atom stereocenters. The van der Waals surface area contributed by atoms with Crippen molar-refractivity contribution in [3.8, 4) is 17.0 Å². The summed E-state index contributed by atoms with van der Waals surface area (Å²) in [5.41, 5.74) is 6.48. The Morgan fingerprint density at radius 1 is 1.18 bits per heavy atom. The standard InChI is InChI=1S/C28H30ClF2N9O4/c29-16-2-3-21(44-28(30)31)19(12-16)24-20(34-27(43)23-25(32)36-40-8-1-7-33-26(23)40)14-39(35-24)15-22(42)37-9-4-17(5-10-37)38-11-6-18(41)13-38/h1-3,7-8,12,14,17-18,28,41H,4-6,9-11,13,15H2,(H2,32,36)(H,34,43)/t18-/m0/s1. The van der Waals surface area contributed by atoms with Gasteiger partial charge in [-0.05, 0) is 43.5 Å². The molecule has 2 aliphatic heterocycles. The van der Waals surface area contributed by atoms with E-state index in [1.807, 2.05) is 0 Å². The van der Waals surface area contributed by atoms with Crippen molar-refractivity contribution in [2.24, 2.45) is 0 Å². The molecule has 6 rings (SSSR count). The van der Waals surface area contributed by atoms with E-state index in [0.29, 0.717) is 25.7 Å². The number of fused-ring (bicyclic) bond motifs is 1. The Morgan fingerprint density at radius 2 is 1.98 bits per heavy atom. The van der Waals surface area contributed by atoms with Crippen LogP contribution < -0.4 is 15.8 Å². The summed E-state index contributed by atoms with van der Waals surface area (Å²) in [5.74, 6) is -1.15. The molecular weight excluding hydrogens is 600 g/mol. The van der Waals surface area contributed by atoms with E-state index in [1.54, 1.807) is 17.2 Å². The summed E-state index contributed by atoms with van der Waals surface area (Å²) in [6, 6.07) is 5.99. The maximum Gasteiger partial charge on any atom is 0.387 e. The quantitative estimate of drug-likeness (QED) is 0.267. The van der Waals surface area contributed by atoms with Crippen molar-refractivity contribution in [2.75, 3.05) is 37.2 Å². The van der Waals surface area contributed by atoms with Crippen LogP contribution in [-0.4, -0.2) is 96.0 Å². The number of likely N-dealkylation sites (tertiary alicyclic amines) is 2. The van der Waals surface area contributed by atoms with E-state index in [-0.39, 0.29) is 63.3 Å². The zero-order valence-electron chi connectivity index (χ0n) is 23.4. The topological polar surface area (TPSA) is 156 Å². The fraction of sp³-hybridized carbons (Fsp3) is 0.393. The number of ether oxygens (including phenoxy) is 1. The molecule has 0 spiro atoms. The molecular formula is C28H30ClF2N9O4. The smallest absolute Gasteiger partial charge is 0.387 e. The highest BCUT2D eigenvalue weighted by Crippen LogP contribution is 2.37. The number of carbonyl (C=O) groups is 2. The van der Waals surface area contributed by atoms with Gasteiger partial charge in [-0.1, -0.05) is 11.6 Å². The summed E-state index contributed by atoms with van der Waals surface area (Å²) in [4.78, 5) is 35.0. The molecule has 13 nitrogen and oxygen atoms in total. The van der Waals surface area contributed by atoms with Gasteiger partial charge < -0.3 is 25.8 Å². The highest BCUT2D eigenvalue weighted by atomic mass is 35.5. The van der Waals surface area contributed by atoms with E-state index in [4.69, 9.17) is 22.1 Å². The number of nitrogen functional groups attached to an aromatic ring is 1. The Bertz CT molecular complexity index is 1690. The zero-order chi connectivity index (χ0) is 31.0. The molecule has 16 heteroatoms. The van der Waals surface area contributed by atoms with Gasteiger partial charge in [0.25, 0.3) is 5.91 Å². The second-order valence-corrected chi connectivity index (χ2v) is 11.2. The molecule has 4 N–H and O–H groups in total. The Morgan fingerprint density at radius 3 is 2.70 bits per heavy atom. The van der Waals surface area contributed by atoms with Crippen LogP contribution >= 0.6 is 11.6 Å². The van der Waals surface area contributed by atoms with E-state index in [0.717, 1.165) is 25.8 Å². The van der Waals surface area contributed by atoms with Gasteiger partial charge in [0.2, 0.25) is 5.91 Å². The Balaban J connectivity index is 1.27. The molecule has 4 aromatic rings. The second kappa shape index (κ2) is 12.3. The number of halogens is 3. The molecule has 0 unspecified atom stereocenters. The number of aliphatic hydroxyl groups is 1. The fourth-order valence-electron chi connectivity index (χ4n) is 5.80. The van der Waals surface area contributed by atoms with Crippen LogP contribution in [0.2, 0.25) is 5.02 Å². The molecule has 0 saturated carbocycles. The minimum absolute atomic E-state index is 0.00363. The largest absolute Gasteiger partial charge is 0.434 e. The third kappa shape index (κ3) is 6.16. The maximum absolute atomic E-state index is 13.5. The monoisotopic (exact) mass is 629 g/mol. The number of hydrogen-bond donors (Lipinski definition) is 3. The molecule has 1 aromatic carbocycles. The number of nitrogens with one attached hydrogen (secondary N) is 1. The van der Waals surface area contributed by atoms with Crippen molar-refractivity contribution >= 4 is 40.6 Å². The van der Waals surface area contributed by atoms with E-state index in [9.17, 15) is 23.5 Å². The Labute approximate surface area is 255 Å². The number of β-amino-alcohol motifs (C(OH)–C–C–N with tert-alkyl or cyclic N) is 1. The summed E-state index contributed by atoms with van der Waals surface area (Å²) in [6.45, 7) is -0.691. The van der Waals surface area contributed by atoms with Gasteiger partial charge in [-0.3, -0.25) is 19.2 Å². The first kappa shape index (κ1) is 29.7. The highest BCUT2D eigenvalue weighted by molar-refractivity contribution is 6.31. The SMILES string of the molecule is Nc1nn2cccnc2c1C(=O)Nc1cn(CC(=O)N2CCC(N3CC[C@H](O)C3)CC2)nc1-c1cc(Cl)ccc1OC(F)F. The van der Waals surface area contributed by atoms with Crippen molar-refractivity contribution in [3.63, 3.8) is 0 Å². The minimum atomic E-state index is -3.13. The summed E-state index contributed by atoms with van der Waals surface area (Å²) >= 11 is 6.21. The van der Waals surface area contributed by atoms with Crippen LogP contribution in [0.3, 0.4) is 0 Å². The molecule has 232 valence electrons.